The maximum absolute atomic E-state index is 12.1. The van der Waals surface area contributed by atoms with Crippen molar-refractivity contribution in [3.63, 3.8) is 0 Å². The molecule has 0 saturated carbocycles. The predicted octanol–water partition coefficient (Wildman–Crippen LogP) is 2.52. The lowest BCUT2D eigenvalue weighted by Crippen LogP contribution is -2.20. The lowest BCUT2D eigenvalue weighted by atomic mass is 10.1. The van der Waals surface area contributed by atoms with Crippen LogP contribution in [0.15, 0.2) is 52.4 Å². The van der Waals surface area contributed by atoms with Gasteiger partial charge in [0.25, 0.3) is 10.0 Å². The van der Waals surface area contributed by atoms with Crippen LogP contribution in [-0.4, -0.2) is 13.4 Å². The second-order valence-electron chi connectivity index (χ2n) is 4.78. The minimum atomic E-state index is -3.87. The summed E-state index contributed by atoms with van der Waals surface area (Å²) >= 11 is 0. The molecule has 2 N–H and O–H groups in total. The van der Waals surface area contributed by atoms with E-state index in [0.717, 1.165) is 24.8 Å². The number of aromatic nitrogens is 1. The van der Waals surface area contributed by atoms with E-state index in [1.165, 1.54) is 18.5 Å². The summed E-state index contributed by atoms with van der Waals surface area (Å²) in [5.74, 6) is 0. The summed E-state index contributed by atoms with van der Waals surface area (Å²) in [5.41, 5.74) is 1.07. The van der Waals surface area contributed by atoms with Gasteiger partial charge in [-0.15, -0.1) is 0 Å². The van der Waals surface area contributed by atoms with Crippen LogP contribution in [0.5, 0.6) is 0 Å². The number of rotatable bonds is 6. The lowest BCUT2D eigenvalue weighted by molar-refractivity contribution is 0.600. The fraction of sp³-hybridized carbons (Fsp3) is 0.267. The molecule has 112 valence electrons. The topological polar surface area (TPSA) is 79.0 Å². The first-order valence-electron chi connectivity index (χ1n) is 6.82. The van der Waals surface area contributed by atoms with Crippen LogP contribution in [0.1, 0.15) is 25.3 Å². The number of aromatic amines is 1. The predicted molar refractivity (Wildman–Crippen MR) is 82.9 cm³/mol. The monoisotopic (exact) mass is 306 g/mol. The number of unbranched alkanes of at least 4 members (excludes halogenated alkanes) is 1. The number of hydrogen-bond donors (Lipinski definition) is 2. The highest BCUT2D eigenvalue weighted by Crippen LogP contribution is 2.15. The number of sulfonamides is 1. The molecule has 0 aliphatic heterocycles. The van der Waals surface area contributed by atoms with E-state index in [0.29, 0.717) is 5.69 Å². The molecular weight excluding hydrogens is 288 g/mol. The molecule has 0 saturated heterocycles. The zero-order chi connectivity index (χ0) is 15.3. The van der Waals surface area contributed by atoms with E-state index < -0.39 is 15.5 Å². The highest BCUT2D eigenvalue weighted by atomic mass is 32.2. The van der Waals surface area contributed by atoms with E-state index in [-0.39, 0.29) is 4.90 Å². The van der Waals surface area contributed by atoms with Crippen LogP contribution >= 0.6 is 0 Å². The van der Waals surface area contributed by atoms with E-state index in [1.807, 2.05) is 12.1 Å². The first-order valence-corrected chi connectivity index (χ1v) is 8.30. The Hall–Kier alpha value is -2.08. The van der Waals surface area contributed by atoms with Gasteiger partial charge in [-0.05, 0) is 30.5 Å². The molecule has 1 aromatic heterocycles. The zero-order valence-electron chi connectivity index (χ0n) is 11.8. The number of hydrogen-bond acceptors (Lipinski definition) is 3. The molecular formula is C15H18N2O3S. The smallest absolute Gasteiger partial charge is 0.267 e. The summed E-state index contributed by atoms with van der Waals surface area (Å²) in [4.78, 5) is 13.9. The third-order valence-corrected chi connectivity index (χ3v) is 4.51. The quantitative estimate of drug-likeness (QED) is 0.860. The summed E-state index contributed by atoms with van der Waals surface area (Å²) in [7, 11) is -3.87. The molecule has 0 fully saturated rings. The maximum atomic E-state index is 12.1. The molecule has 0 amide bonds. The summed E-state index contributed by atoms with van der Waals surface area (Å²) in [6.07, 6.45) is 5.77. The molecule has 0 aliphatic carbocycles. The van der Waals surface area contributed by atoms with Crippen LogP contribution < -0.4 is 10.2 Å². The Balaban J connectivity index is 2.18. The zero-order valence-corrected chi connectivity index (χ0v) is 12.6. The molecule has 1 heterocycles. The molecule has 0 bridgehead atoms. The number of aryl methyl sites for hydroxylation is 1. The van der Waals surface area contributed by atoms with Crippen LogP contribution in [0.4, 0.5) is 5.69 Å². The van der Waals surface area contributed by atoms with Crippen molar-refractivity contribution < 1.29 is 8.42 Å². The summed E-state index contributed by atoms with van der Waals surface area (Å²) in [6.45, 7) is 2.12. The van der Waals surface area contributed by atoms with Gasteiger partial charge in [-0.2, -0.15) is 0 Å². The van der Waals surface area contributed by atoms with Crippen molar-refractivity contribution in [3.8, 4) is 0 Å². The van der Waals surface area contributed by atoms with E-state index in [9.17, 15) is 13.2 Å². The van der Waals surface area contributed by atoms with Gasteiger partial charge < -0.3 is 4.98 Å². The summed E-state index contributed by atoms with van der Waals surface area (Å²) < 4.78 is 26.7. The molecule has 0 atom stereocenters. The van der Waals surface area contributed by atoms with Crippen molar-refractivity contribution in [2.24, 2.45) is 0 Å². The average molecular weight is 306 g/mol. The van der Waals surface area contributed by atoms with Gasteiger partial charge in [0.1, 0.15) is 0 Å². The Kier molecular flexibility index (Phi) is 4.80. The fourth-order valence-corrected chi connectivity index (χ4v) is 3.05. The molecule has 2 aromatic rings. The molecule has 5 nitrogen and oxygen atoms in total. The normalized spacial score (nSPS) is 11.3. The van der Waals surface area contributed by atoms with Gasteiger partial charge >= 0.3 is 0 Å². The molecule has 0 radical (unpaired) electrons. The lowest BCUT2D eigenvalue weighted by Gasteiger charge is -2.08. The van der Waals surface area contributed by atoms with Gasteiger partial charge in [-0.1, -0.05) is 25.5 Å². The molecule has 2 rings (SSSR count). The first-order chi connectivity index (χ1) is 10.0. The molecule has 1 aromatic carbocycles. The van der Waals surface area contributed by atoms with Crippen LogP contribution in [0.2, 0.25) is 0 Å². The number of nitrogens with one attached hydrogen (secondary N) is 2. The Bertz CT molecular complexity index is 749. The van der Waals surface area contributed by atoms with Gasteiger partial charge in [0.2, 0.25) is 5.43 Å². The Labute approximate surface area is 124 Å². The molecule has 21 heavy (non-hydrogen) atoms. The van der Waals surface area contributed by atoms with Crippen molar-refractivity contribution in [2.45, 2.75) is 31.1 Å². The minimum absolute atomic E-state index is 0.292. The van der Waals surface area contributed by atoms with E-state index in [1.54, 1.807) is 12.1 Å². The second-order valence-corrected chi connectivity index (χ2v) is 6.43. The Morgan fingerprint density at radius 3 is 2.48 bits per heavy atom. The Morgan fingerprint density at radius 2 is 1.86 bits per heavy atom. The van der Waals surface area contributed by atoms with Crippen molar-refractivity contribution in [1.29, 1.82) is 0 Å². The largest absolute Gasteiger partial charge is 0.366 e. The van der Waals surface area contributed by atoms with Crippen LogP contribution in [0.3, 0.4) is 0 Å². The third kappa shape index (κ3) is 3.95. The SMILES string of the molecule is CCCCc1ccc(NS(=O)(=O)c2c[nH]ccc2=O)cc1. The molecule has 0 unspecified atom stereocenters. The van der Waals surface area contributed by atoms with E-state index in [2.05, 4.69) is 16.6 Å². The number of benzene rings is 1. The van der Waals surface area contributed by atoms with Crippen LogP contribution in [0, 0.1) is 0 Å². The minimum Gasteiger partial charge on any atom is -0.366 e. The Morgan fingerprint density at radius 1 is 1.14 bits per heavy atom. The highest BCUT2D eigenvalue weighted by molar-refractivity contribution is 7.92. The second kappa shape index (κ2) is 6.58. The van der Waals surface area contributed by atoms with Crippen molar-refractivity contribution in [3.05, 3.63) is 58.5 Å². The fourth-order valence-electron chi connectivity index (χ4n) is 1.94. The van der Waals surface area contributed by atoms with Crippen LogP contribution in [0.25, 0.3) is 0 Å². The van der Waals surface area contributed by atoms with Crippen molar-refractivity contribution in [2.75, 3.05) is 4.72 Å². The molecule has 0 aliphatic rings. The average Bonchev–Trinajstić information content (AvgIpc) is 2.46. The molecule has 0 spiro atoms. The van der Waals surface area contributed by atoms with Gasteiger partial charge in [0.05, 0.1) is 0 Å². The first kappa shape index (κ1) is 15.3. The standard InChI is InChI=1S/C15H18N2O3S/c1-2-3-4-12-5-7-13(8-6-12)17-21(19,20)15-11-16-10-9-14(15)18/h5-11,17H,2-4H2,1H3,(H,16,18). The van der Waals surface area contributed by atoms with Crippen molar-refractivity contribution in [1.82, 2.24) is 4.98 Å². The summed E-state index contributed by atoms with van der Waals surface area (Å²) in [5, 5.41) is 0. The van der Waals surface area contributed by atoms with Gasteiger partial charge in [0.15, 0.2) is 4.90 Å². The van der Waals surface area contributed by atoms with Crippen molar-refractivity contribution >= 4 is 15.7 Å². The summed E-state index contributed by atoms with van der Waals surface area (Å²) in [6, 6.07) is 8.38. The van der Waals surface area contributed by atoms with Gasteiger partial charge in [-0.3, -0.25) is 9.52 Å². The van der Waals surface area contributed by atoms with E-state index >= 15 is 0 Å². The number of H-pyrrole nitrogens is 1. The number of anilines is 1. The number of pyridine rings is 1. The van der Waals surface area contributed by atoms with Crippen LogP contribution in [-0.2, 0) is 16.4 Å². The van der Waals surface area contributed by atoms with Gasteiger partial charge in [-0.25, -0.2) is 8.42 Å². The molecule has 6 heteroatoms. The van der Waals surface area contributed by atoms with E-state index in [4.69, 9.17) is 0 Å². The van der Waals surface area contributed by atoms with Gasteiger partial charge in [0, 0.05) is 24.1 Å². The highest BCUT2D eigenvalue weighted by Gasteiger charge is 2.17. The third-order valence-electron chi connectivity index (χ3n) is 3.10. The maximum Gasteiger partial charge on any atom is 0.267 e.